The molecule has 4 aromatic rings. The largest absolute Gasteiger partial charge is 0.496 e. The van der Waals surface area contributed by atoms with E-state index in [0.29, 0.717) is 27.0 Å². The molecule has 1 saturated heterocycles. The number of ether oxygens (including phenoxy) is 1. The molecule has 8 nitrogen and oxygen atoms in total. The highest BCUT2D eigenvalue weighted by molar-refractivity contribution is 8.00. The molecule has 0 saturated carbocycles. The molecule has 1 fully saturated rings. The molecule has 0 bridgehead atoms. The summed E-state index contributed by atoms with van der Waals surface area (Å²) in [5.74, 6) is -1.79. The highest BCUT2D eigenvalue weighted by Crippen LogP contribution is 2.55. The van der Waals surface area contributed by atoms with Crippen LogP contribution in [-0.4, -0.2) is 34.6 Å². The van der Waals surface area contributed by atoms with Gasteiger partial charge in [-0.2, -0.15) is 0 Å². The van der Waals surface area contributed by atoms with Crippen LogP contribution in [0.25, 0.3) is 0 Å². The van der Waals surface area contributed by atoms with Gasteiger partial charge >= 0.3 is 4.87 Å². The first kappa shape index (κ1) is 26.1. The van der Waals surface area contributed by atoms with Gasteiger partial charge in [-0.25, -0.2) is 4.90 Å². The van der Waals surface area contributed by atoms with Crippen molar-refractivity contribution in [3.8, 4) is 5.75 Å². The van der Waals surface area contributed by atoms with E-state index < -0.39 is 17.1 Å². The van der Waals surface area contributed by atoms with Crippen molar-refractivity contribution < 1.29 is 19.1 Å². The number of nitrogens with zero attached hydrogens (tertiary/aromatic N) is 2. The van der Waals surface area contributed by atoms with Crippen LogP contribution in [-0.2, 0) is 20.9 Å². The molecule has 1 N–H and O–H groups in total. The van der Waals surface area contributed by atoms with E-state index in [9.17, 15) is 19.2 Å². The van der Waals surface area contributed by atoms with Crippen LogP contribution in [0.3, 0.4) is 0 Å². The number of fused-ring (bicyclic) bond motifs is 2. The van der Waals surface area contributed by atoms with Crippen LogP contribution >= 0.6 is 23.1 Å². The highest BCUT2D eigenvalue weighted by atomic mass is 32.2. The Labute approximate surface area is 238 Å². The minimum atomic E-state index is -0.768. The molecule has 3 atom stereocenters. The number of para-hydroxylation sites is 2. The molecule has 3 heterocycles. The number of benzene rings is 3. The number of carbonyl (C=O) groups excluding carboxylic acids is 3. The average Bonchev–Trinajstić information content (AvgIpc) is 3.40. The van der Waals surface area contributed by atoms with Crippen LogP contribution in [0.4, 0.5) is 11.4 Å². The third-order valence-electron chi connectivity index (χ3n) is 7.17. The molecule has 0 radical (unpaired) electrons. The molecule has 6 rings (SSSR count). The van der Waals surface area contributed by atoms with Gasteiger partial charge in [-0.05, 0) is 37.3 Å². The molecular formula is C30H25N3O5S2. The summed E-state index contributed by atoms with van der Waals surface area (Å²) in [6, 6.07) is 23.6. The van der Waals surface area contributed by atoms with Crippen molar-refractivity contribution in [3.63, 3.8) is 0 Å². The second-order valence-corrected chi connectivity index (χ2v) is 11.8. The Kier molecular flexibility index (Phi) is 6.81. The number of rotatable bonds is 6. The Morgan fingerprint density at radius 2 is 1.62 bits per heavy atom. The van der Waals surface area contributed by atoms with Crippen LogP contribution in [0, 0.1) is 12.8 Å². The zero-order chi connectivity index (χ0) is 28.0. The number of methoxy groups -OCH3 is 1. The van der Waals surface area contributed by atoms with E-state index >= 15 is 0 Å². The monoisotopic (exact) mass is 571 g/mol. The maximum Gasteiger partial charge on any atom is 0.308 e. The van der Waals surface area contributed by atoms with Crippen molar-refractivity contribution in [1.82, 2.24) is 4.57 Å². The predicted molar refractivity (Wildman–Crippen MR) is 155 cm³/mol. The molecule has 1 aromatic heterocycles. The Balaban J connectivity index is 1.43. The lowest BCUT2D eigenvalue weighted by Crippen LogP contribution is -2.33. The zero-order valence-electron chi connectivity index (χ0n) is 21.7. The summed E-state index contributed by atoms with van der Waals surface area (Å²) in [6.45, 7) is 1.74. The topological polar surface area (TPSA) is 97.7 Å². The summed E-state index contributed by atoms with van der Waals surface area (Å²) in [5.41, 5.74) is 2.91. The van der Waals surface area contributed by atoms with Crippen molar-refractivity contribution in [2.24, 2.45) is 5.92 Å². The number of hydrogen-bond donors (Lipinski definition) is 1. The lowest BCUT2D eigenvalue weighted by atomic mass is 9.82. The SMILES string of the molecule is COc1ccccc1C1c2sc(=O)n(CC(=O)Nc3ccc(C)cc3)c2SC2C(=O)N(c3ccccc3)C(=O)C21. The Morgan fingerprint density at radius 1 is 0.925 bits per heavy atom. The first-order valence-electron chi connectivity index (χ1n) is 12.7. The fraction of sp³-hybridized carbons (Fsp3) is 0.200. The van der Waals surface area contributed by atoms with Crippen molar-refractivity contribution in [2.45, 2.75) is 29.7 Å². The number of aromatic nitrogens is 1. The second kappa shape index (κ2) is 10.4. The van der Waals surface area contributed by atoms with Crippen LogP contribution in [0.15, 0.2) is 88.7 Å². The van der Waals surface area contributed by atoms with Crippen LogP contribution < -0.4 is 19.8 Å². The Morgan fingerprint density at radius 3 is 2.35 bits per heavy atom. The highest BCUT2D eigenvalue weighted by Gasteiger charge is 2.57. The summed E-state index contributed by atoms with van der Waals surface area (Å²) in [5, 5.41) is 2.60. The number of thiazole rings is 1. The number of hydrogen-bond acceptors (Lipinski definition) is 7. The number of imide groups is 1. The maximum atomic E-state index is 13.9. The van der Waals surface area contributed by atoms with E-state index in [0.717, 1.165) is 22.5 Å². The zero-order valence-corrected chi connectivity index (χ0v) is 23.3. The van der Waals surface area contributed by atoms with Gasteiger partial charge in [-0.1, -0.05) is 77.2 Å². The van der Waals surface area contributed by atoms with Gasteiger partial charge in [0.05, 0.1) is 23.7 Å². The van der Waals surface area contributed by atoms with Gasteiger partial charge in [0, 0.05) is 22.0 Å². The smallest absolute Gasteiger partial charge is 0.308 e. The van der Waals surface area contributed by atoms with Gasteiger partial charge in [0.2, 0.25) is 17.7 Å². The Hall–Kier alpha value is -4.15. The van der Waals surface area contributed by atoms with E-state index in [2.05, 4.69) is 5.32 Å². The van der Waals surface area contributed by atoms with Crippen molar-refractivity contribution >= 4 is 52.2 Å². The van der Waals surface area contributed by atoms with Gasteiger partial charge in [0.25, 0.3) is 0 Å². The van der Waals surface area contributed by atoms with Gasteiger partial charge < -0.3 is 10.1 Å². The maximum absolute atomic E-state index is 13.9. The van der Waals surface area contributed by atoms with Gasteiger partial charge in [-0.3, -0.25) is 23.7 Å². The lowest BCUT2D eigenvalue weighted by molar-refractivity contribution is -0.122. The number of anilines is 2. The predicted octanol–water partition coefficient (Wildman–Crippen LogP) is 4.66. The molecule has 40 heavy (non-hydrogen) atoms. The summed E-state index contributed by atoms with van der Waals surface area (Å²) >= 11 is 2.20. The number of carbonyl (C=O) groups is 3. The summed E-state index contributed by atoms with van der Waals surface area (Å²) in [7, 11) is 1.55. The van der Waals surface area contributed by atoms with Crippen LogP contribution in [0.1, 0.15) is 21.9 Å². The molecule has 202 valence electrons. The third kappa shape index (κ3) is 4.43. The van der Waals surface area contributed by atoms with Crippen molar-refractivity contribution in [1.29, 1.82) is 0 Å². The molecule has 0 aliphatic carbocycles. The van der Waals surface area contributed by atoms with E-state index in [4.69, 9.17) is 4.74 Å². The van der Waals surface area contributed by atoms with Crippen LogP contribution in [0.2, 0.25) is 0 Å². The molecule has 2 aliphatic rings. The van der Waals surface area contributed by atoms with Crippen molar-refractivity contribution in [2.75, 3.05) is 17.3 Å². The quantitative estimate of drug-likeness (QED) is 0.338. The summed E-state index contributed by atoms with van der Waals surface area (Å²) in [4.78, 5) is 55.6. The molecular weight excluding hydrogens is 546 g/mol. The standard InChI is InChI=1S/C30H25N3O5S2/c1-17-12-14-18(15-13-17)31-22(34)16-32-29-26(40-30(32)37)23(20-10-6-7-11-21(20)38-2)24-25(39-29)28(36)33(27(24)35)19-8-4-3-5-9-19/h3-15,23-25H,16H2,1-2H3,(H,31,34). The molecule has 3 aromatic carbocycles. The van der Waals surface area contributed by atoms with E-state index in [1.54, 1.807) is 49.6 Å². The average molecular weight is 572 g/mol. The van der Waals surface area contributed by atoms with Crippen molar-refractivity contribution in [3.05, 3.63) is 105 Å². The first-order valence-corrected chi connectivity index (χ1v) is 14.4. The minimum Gasteiger partial charge on any atom is -0.496 e. The molecule has 3 unspecified atom stereocenters. The minimum absolute atomic E-state index is 0.216. The fourth-order valence-electron chi connectivity index (χ4n) is 5.33. The van der Waals surface area contributed by atoms with E-state index in [1.165, 1.54) is 21.2 Å². The molecule has 3 amide bonds. The van der Waals surface area contributed by atoms with Gasteiger partial charge in [0.1, 0.15) is 17.5 Å². The molecule has 2 aliphatic heterocycles. The van der Waals surface area contributed by atoms with E-state index in [1.807, 2.05) is 43.3 Å². The fourth-order valence-corrected chi connectivity index (χ4v) is 8.09. The van der Waals surface area contributed by atoms with Gasteiger partial charge in [-0.15, -0.1) is 0 Å². The van der Waals surface area contributed by atoms with Gasteiger partial charge in [0.15, 0.2) is 0 Å². The number of aryl methyl sites for hydroxylation is 1. The summed E-state index contributed by atoms with van der Waals surface area (Å²) < 4.78 is 7.06. The normalized spacial score (nSPS) is 19.8. The molecule has 0 spiro atoms. The number of thioether (sulfide) groups is 1. The summed E-state index contributed by atoms with van der Waals surface area (Å²) in [6.07, 6.45) is 0. The lowest BCUT2D eigenvalue weighted by Gasteiger charge is -2.31. The van der Waals surface area contributed by atoms with E-state index in [-0.39, 0.29) is 29.1 Å². The number of amides is 3. The number of nitrogens with one attached hydrogen (secondary N) is 1. The molecule has 10 heteroatoms. The third-order valence-corrected chi connectivity index (χ3v) is 9.78. The second-order valence-electron chi connectivity index (χ2n) is 9.67. The first-order chi connectivity index (χ1) is 19.4. The Bertz CT molecular complexity index is 1680. The van der Waals surface area contributed by atoms with Crippen LogP contribution in [0.5, 0.6) is 5.75 Å².